The smallest absolute Gasteiger partial charge is 0.432 e. The van der Waals surface area contributed by atoms with E-state index >= 15 is 0 Å². The third-order valence-corrected chi connectivity index (χ3v) is 4.38. The van der Waals surface area contributed by atoms with E-state index in [9.17, 15) is 23.1 Å². The van der Waals surface area contributed by atoms with Gasteiger partial charge < -0.3 is 14.6 Å². The fourth-order valence-corrected chi connectivity index (χ4v) is 2.60. The maximum absolute atomic E-state index is 13.3. The van der Waals surface area contributed by atoms with Gasteiger partial charge in [0.1, 0.15) is 12.4 Å². The van der Waals surface area contributed by atoms with Crippen LogP contribution in [0.4, 0.5) is 13.2 Å². The van der Waals surface area contributed by atoms with Crippen molar-refractivity contribution in [3.8, 4) is 5.75 Å². The van der Waals surface area contributed by atoms with Crippen LogP contribution in [0.3, 0.4) is 0 Å². The summed E-state index contributed by atoms with van der Waals surface area (Å²) in [6, 6.07) is 11.8. The van der Waals surface area contributed by atoms with Gasteiger partial charge in [0, 0.05) is 15.6 Å². The summed E-state index contributed by atoms with van der Waals surface area (Å²) in [6.07, 6.45) is -5.23. The molecule has 2 aromatic carbocycles. The molecular formula is C18H16BrF3O4. The molecule has 8 heteroatoms. The lowest BCUT2D eigenvalue weighted by Gasteiger charge is -2.28. The van der Waals surface area contributed by atoms with Crippen molar-refractivity contribution in [3.63, 3.8) is 0 Å². The number of carbonyl (C=O) groups excluding carboxylic acids is 1. The molecule has 0 bridgehead atoms. The first kappa shape index (κ1) is 20.3. The molecule has 0 saturated carbocycles. The molecule has 0 aliphatic carbocycles. The monoisotopic (exact) mass is 432 g/mol. The number of hydrogen-bond donors (Lipinski definition) is 1. The fourth-order valence-electron chi connectivity index (χ4n) is 2.20. The molecule has 1 N–H and O–H groups in total. The summed E-state index contributed by atoms with van der Waals surface area (Å²) in [7, 11) is 0. The van der Waals surface area contributed by atoms with Crippen molar-refractivity contribution in [3.05, 3.63) is 64.1 Å². The van der Waals surface area contributed by atoms with Crippen LogP contribution in [0.15, 0.2) is 53.0 Å². The topological polar surface area (TPSA) is 55.8 Å². The SMILES string of the molecule is CCOC(=O)[C@@](O)(c1ccc(OCc2ccccc2Br)cc1)C(F)(F)F. The Kier molecular flexibility index (Phi) is 6.30. The highest BCUT2D eigenvalue weighted by molar-refractivity contribution is 9.10. The van der Waals surface area contributed by atoms with E-state index < -0.39 is 23.3 Å². The van der Waals surface area contributed by atoms with Crippen LogP contribution < -0.4 is 4.74 Å². The Labute approximate surface area is 156 Å². The Hall–Kier alpha value is -2.06. The summed E-state index contributed by atoms with van der Waals surface area (Å²) in [5, 5.41) is 10.0. The molecule has 0 unspecified atom stereocenters. The van der Waals surface area contributed by atoms with Crippen molar-refractivity contribution in [1.82, 2.24) is 0 Å². The number of rotatable bonds is 6. The lowest BCUT2D eigenvalue weighted by Crippen LogP contribution is -2.50. The first-order valence-electron chi connectivity index (χ1n) is 7.63. The highest BCUT2D eigenvalue weighted by Gasteiger charge is 2.62. The maximum Gasteiger partial charge on any atom is 0.432 e. The first-order chi connectivity index (χ1) is 12.2. The zero-order valence-electron chi connectivity index (χ0n) is 13.7. The average molecular weight is 433 g/mol. The summed E-state index contributed by atoms with van der Waals surface area (Å²) >= 11 is 3.37. The van der Waals surface area contributed by atoms with Crippen LogP contribution in [0, 0.1) is 0 Å². The second-order valence-corrected chi connectivity index (χ2v) is 6.19. The number of halogens is 4. The summed E-state index contributed by atoms with van der Waals surface area (Å²) in [5.41, 5.74) is -3.52. The van der Waals surface area contributed by atoms with Crippen LogP contribution in [0.5, 0.6) is 5.75 Å². The zero-order chi connectivity index (χ0) is 19.4. The third-order valence-electron chi connectivity index (χ3n) is 3.61. The number of aliphatic hydroxyl groups is 1. The lowest BCUT2D eigenvalue weighted by molar-refractivity contribution is -0.267. The second-order valence-electron chi connectivity index (χ2n) is 5.33. The summed E-state index contributed by atoms with van der Waals surface area (Å²) in [4.78, 5) is 11.7. The van der Waals surface area contributed by atoms with Gasteiger partial charge in [-0.1, -0.05) is 46.3 Å². The van der Waals surface area contributed by atoms with Gasteiger partial charge >= 0.3 is 12.1 Å². The van der Waals surface area contributed by atoms with Crippen molar-refractivity contribution >= 4 is 21.9 Å². The van der Waals surface area contributed by atoms with Crippen LogP contribution in [0.1, 0.15) is 18.1 Å². The molecule has 0 heterocycles. The van der Waals surface area contributed by atoms with Gasteiger partial charge in [0.2, 0.25) is 0 Å². The Morgan fingerprint density at radius 1 is 1.12 bits per heavy atom. The van der Waals surface area contributed by atoms with Crippen LogP contribution in [0.2, 0.25) is 0 Å². The molecule has 0 saturated heterocycles. The van der Waals surface area contributed by atoms with Gasteiger partial charge in [0.25, 0.3) is 5.60 Å². The molecular weight excluding hydrogens is 417 g/mol. The molecule has 4 nitrogen and oxygen atoms in total. The van der Waals surface area contributed by atoms with E-state index in [2.05, 4.69) is 20.7 Å². The van der Waals surface area contributed by atoms with Crippen molar-refractivity contribution in [2.75, 3.05) is 6.61 Å². The van der Waals surface area contributed by atoms with Gasteiger partial charge in [0.15, 0.2) is 0 Å². The molecule has 0 spiro atoms. The second kappa shape index (κ2) is 8.09. The predicted octanol–water partition coefficient (Wildman–Crippen LogP) is 4.34. The third kappa shape index (κ3) is 4.19. The van der Waals surface area contributed by atoms with E-state index in [1.54, 1.807) is 0 Å². The Morgan fingerprint density at radius 3 is 2.27 bits per heavy atom. The number of alkyl halides is 3. The molecule has 0 fully saturated rings. The van der Waals surface area contributed by atoms with Gasteiger partial charge in [-0.15, -0.1) is 0 Å². The summed E-state index contributed by atoms with van der Waals surface area (Å²) in [6.45, 7) is 1.26. The van der Waals surface area contributed by atoms with Crippen LogP contribution >= 0.6 is 15.9 Å². The van der Waals surface area contributed by atoms with Gasteiger partial charge in [-0.2, -0.15) is 13.2 Å². The first-order valence-corrected chi connectivity index (χ1v) is 8.42. The quantitative estimate of drug-likeness (QED) is 0.689. The highest BCUT2D eigenvalue weighted by Crippen LogP contribution is 2.40. The number of benzene rings is 2. The van der Waals surface area contributed by atoms with Gasteiger partial charge in [-0.3, -0.25) is 0 Å². The fraction of sp³-hybridized carbons (Fsp3) is 0.278. The van der Waals surface area contributed by atoms with Crippen LogP contribution in [-0.4, -0.2) is 23.9 Å². The summed E-state index contributed by atoms with van der Waals surface area (Å²) in [5.74, 6) is -1.48. The number of ether oxygens (including phenoxy) is 2. The molecule has 0 aliphatic rings. The minimum absolute atomic E-state index is 0.197. The Morgan fingerprint density at radius 2 is 1.73 bits per heavy atom. The van der Waals surface area contributed by atoms with E-state index in [-0.39, 0.29) is 19.0 Å². The van der Waals surface area contributed by atoms with E-state index in [1.807, 2.05) is 24.3 Å². The van der Waals surface area contributed by atoms with Crippen molar-refractivity contribution < 1.29 is 32.5 Å². The van der Waals surface area contributed by atoms with E-state index in [4.69, 9.17) is 4.74 Å². The molecule has 2 rings (SSSR count). The molecule has 1 atom stereocenters. The van der Waals surface area contributed by atoms with Crippen LogP contribution in [-0.2, 0) is 21.7 Å². The van der Waals surface area contributed by atoms with Gasteiger partial charge in [-0.25, -0.2) is 4.79 Å². The number of esters is 1. The number of hydrogen-bond acceptors (Lipinski definition) is 4. The van der Waals surface area contributed by atoms with E-state index in [1.165, 1.54) is 19.1 Å². The normalized spacial score (nSPS) is 13.8. The standard InChI is InChI=1S/C18H16BrF3O4/c1-2-25-16(23)17(24,18(20,21)22)13-7-9-14(10-8-13)26-11-12-5-3-4-6-15(12)19/h3-10,24H,2,11H2,1H3/t17-/m0/s1. The average Bonchev–Trinajstić information content (AvgIpc) is 2.60. The highest BCUT2D eigenvalue weighted by atomic mass is 79.9. The summed E-state index contributed by atoms with van der Waals surface area (Å²) < 4.78 is 50.6. The molecule has 0 aromatic heterocycles. The van der Waals surface area contributed by atoms with E-state index in [0.717, 1.165) is 22.2 Å². The Bertz CT molecular complexity index is 762. The van der Waals surface area contributed by atoms with Crippen molar-refractivity contribution in [2.45, 2.75) is 25.3 Å². The van der Waals surface area contributed by atoms with Crippen molar-refractivity contribution in [1.29, 1.82) is 0 Å². The maximum atomic E-state index is 13.3. The minimum Gasteiger partial charge on any atom is -0.489 e. The Balaban J connectivity index is 2.21. The molecule has 140 valence electrons. The zero-order valence-corrected chi connectivity index (χ0v) is 15.3. The van der Waals surface area contributed by atoms with Gasteiger partial charge in [0.05, 0.1) is 6.61 Å². The van der Waals surface area contributed by atoms with Gasteiger partial charge in [-0.05, 0) is 25.1 Å². The molecule has 0 aliphatic heterocycles. The minimum atomic E-state index is -5.23. The predicted molar refractivity (Wildman–Crippen MR) is 91.5 cm³/mol. The van der Waals surface area contributed by atoms with E-state index in [0.29, 0.717) is 0 Å². The lowest BCUT2D eigenvalue weighted by atomic mass is 9.93. The molecule has 0 radical (unpaired) electrons. The molecule has 0 amide bonds. The van der Waals surface area contributed by atoms with Crippen molar-refractivity contribution in [2.24, 2.45) is 0 Å². The largest absolute Gasteiger partial charge is 0.489 e. The van der Waals surface area contributed by atoms with Crippen LogP contribution in [0.25, 0.3) is 0 Å². The molecule has 2 aromatic rings. The number of carbonyl (C=O) groups is 1. The molecule has 26 heavy (non-hydrogen) atoms.